The van der Waals surface area contributed by atoms with E-state index in [4.69, 9.17) is 0 Å². The van der Waals surface area contributed by atoms with Crippen LogP contribution in [0.2, 0.25) is 0 Å². The van der Waals surface area contributed by atoms with Crippen molar-refractivity contribution < 1.29 is 23.9 Å². The number of aliphatic hydroxyl groups is 1. The third-order valence-electron chi connectivity index (χ3n) is 5.73. The van der Waals surface area contributed by atoms with Gasteiger partial charge < -0.3 is 26.0 Å². The lowest BCUT2D eigenvalue weighted by atomic mass is 9.99. The number of amides is 4. The van der Waals surface area contributed by atoms with Crippen molar-refractivity contribution in [2.75, 3.05) is 13.6 Å². The minimum atomic E-state index is -2.09. The Bertz CT molecular complexity index is 1040. The molecule has 0 bridgehead atoms. The molecule has 0 aliphatic carbocycles. The van der Waals surface area contributed by atoms with Gasteiger partial charge in [0.2, 0.25) is 11.8 Å². The zero-order valence-corrected chi connectivity index (χ0v) is 20.4. The van der Waals surface area contributed by atoms with Gasteiger partial charge in [-0.1, -0.05) is 24.3 Å². The molecule has 1 aromatic carbocycles. The molecule has 2 aromatic rings. The van der Waals surface area contributed by atoms with E-state index in [9.17, 15) is 23.9 Å². The quantitative estimate of drug-likeness (QED) is 0.470. The van der Waals surface area contributed by atoms with Gasteiger partial charge in [-0.25, -0.2) is 14.2 Å². The van der Waals surface area contributed by atoms with Crippen molar-refractivity contribution >= 4 is 29.2 Å². The molecule has 0 radical (unpaired) electrons. The number of aryl methyl sites for hydroxylation is 1. The van der Waals surface area contributed by atoms with Gasteiger partial charge >= 0.3 is 6.03 Å². The summed E-state index contributed by atoms with van der Waals surface area (Å²) in [5, 5.41) is 17.5. The lowest BCUT2D eigenvalue weighted by molar-refractivity contribution is -0.142. The molecule has 3 unspecified atom stereocenters. The first kappa shape index (κ1) is 25.6. The Morgan fingerprint density at radius 1 is 1.29 bits per heavy atom. The number of benzene rings is 1. The maximum atomic E-state index is 14.8. The van der Waals surface area contributed by atoms with Crippen molar-refractivity contribution in [3.8, 4) is 10.4 Å². The van der Waals surface area contributed by atoms with Gasteiger partial charge in [0.1, 0.15) is 17.8 Å². The normalized spacial score (nSPS) is 18.9. The number of aromatic nitrogens is 1. The monoisotopic (exact) mass is 491 g/mol. The van der Waals surface area contributed by atoms with E-state index in [0.717, 1.165) is 26.6 Å². The van der Waals surface area contributed by atoms with Gasteiger partial charge in [0.25, 0.3) is 0 Å². The fraction of sp³-hybridized carbons (Fsp3) is 0.478. The van der Waals surface area contributed by atoms with Crippen molar-refractivity contribution in [2.45, 2.75) is 57.6 Å². The van der Waals surface area contributed by atoms with Crippen LogP contribution in [-0.2, 0) is 16.1 Å². The van der Waals surface area contributed by atoms with Crippen LogP contribution in [0.1, 0.15) is 31.5 Å². The van der Waals surface area contributed by atoms with E-state index >= 15 is 0 Å². The summed E-state index contributed by atoms with van der Waals surface area (Å²) in [5.41, 5.74) is 2.56. The van der Waals surface area contributed by atoms with Crippen LogP contribution < -0.4 is 16.0 Å². The molecule has 11 heteroatoms. The Morgan fingerprint density at radius 3 is 2.53 bits per heavy atom. The number of nitrogens with zero attached hydrogens (tertiary/aromatic N) is 2. The van der Waals surface area contributed by atoms with Crippen LogP contribution in [0.25, 0.3) is 10.4 Å². The third-order valence-corrected chi connectivity index (χ3v) is 6.71. The molecule has 1 fully saturated rings. The van der Waals surface area contributed by atoms with Crippen LogP contribution >= 0.6 is 11.3 Å². The number of nitrogens with one attached hydrogen (secondary N) is 3. The summed E-state index contributed by atoms with van der Waals surface area (Å²) in [7, 11) is 1.35. The molecular weight excluding hydrogens is 461 g/mol. The van der Waals surface area contributed by atoms with E-state index in [1.807, 2.05) is 31.2 Å². The number of hydrogen-bond acceptors (Lipinski definition) is 6. The number of hydrogen-bond donors (Lipinski definition) is 4. The maximum Gasteiger partial charge on any atom is 0.315 e. The largest absolute Gasteiger partial charge is 0.391 e. The van der Waals surface area contributed by atoms with Gasteiger partial charge in [-0.15, -0.1) is 11.3 Å². The number of β-amino-alcohol motifs (C(OH)–C–C–N with tert-alkyl or cyclic N) is 1. The molecule has 4 N–H and O–H groups in total. The van der Waals surface area contributed by atoms with E-state index in [-0.39, 0.29) is 19.5 Å². The molecule has 1 aliphatic rings. The summed E-state index contributed by atoms with van der Waals surface area (Å²) in [5.74, 6) is -1.22. The van der Waals surface area contributed by atoms with Crippen molar-refractivity contribution in [1.82, 2.24) is 25.8 Å². The Balaban J connectivity index is 1.67. The second-order valence-corrected chi connectivity index (χ2v) is 9.65. The van der Waals surface area contributed by atoms with Crippen LogP contribution in [0.4, 0.5) is 9.18 Å². The molecule has 0 saturated carbocycles. The number of likely N-dealkylation sites (tertiary alicyclic amines) is 1. The summed E-state index contributed by atoms with van der Waals surface area (Å²) < 4.78 is 14.8. The molecule has 2 heterocycles. The highest BCUT2D eigenvalue weighted by Gasteiger charge is 2.46. The third kappa shape index (κ3) is 5.89. The summed E-state index contributed by atoms with van der Waals surface area (Å²) in [6.45, 7) is 4.39. The predicted octanol–water partition coefficient (Wildman–Crippen LogP) is 1.74. The van der Waals surface area contributed by atoms with Crippen molar-refractivity contribution in [3.63, 3.8) is 0 Å². The van der Waals surface area contributed by atoms with Crippen LogP contribution in [0.3, 0.4) is 0 Å². The molecule has 1 saturated heterocycles. The number of rotatable bonds is 7. The first-order valence-corrected chi connectivity index (χ1v) is 11.8. The van der Waals surface area contributed by atoms with Gasteiger partial charge in [-0.2, -0.15) is 0 Å². The number of urea groups is 1. The molecule has 9 nitrogen and oxygen atoms in total. The van der Waals surface area contributed by atoms with Gasteiger partial charge in [0, 0.05) is 26.6 Å². The van der Waals surface area contributed by atoms with Crippen LogP contribution in [0.15, 0.2) is 29.8 Å². The lowest BCUT2D eigenvalue weighted by Crippen LogP contribution is -2.60. The fourth-order valence-electron chi connectivity index (χ4n) is 3.86. The summed E-state index contributed by atoms with van der Waals surface area (Å²) >= 11 is 1.56. The zero-order chi connectivity index (χ0) is 25.0. The lowest BCUT2D eigenvalue weighted by Gasteiger charge is -2.32. The SMILES string of the molecule is CNC(=O)NC(C(=O)N1CC(O)CC1C(=O)NCc1ccc(-c2scnc2C)cc1)C(C)(C)F. The van der Waals surface area contributed by atoms with E-state index in [1.54, 1.807) is 16.8 Å². The first-order valence-electron chi connectivity index (χ1n) is 10.9. The molecule has 3 rings (SSSR count). The average molecular weight is 492 g/mol. The highest BCUT2D eigenvalue weighted by molar-refractivity contribution is 7.13. The number of carbonyl (C=O) groups is 3. The number of alkyl halides is 1. The molecule has 3 atom stereocenters. The summed E-state index contributed by atoms with van der Waals surface area (Å²) in [6.07, 6.45) is -0.898. The minimum absolute atomic E-state index is 0.0283. The molecule has 184 valence electrons. The van der Waals surface area contributed by atoms with Crippen molar-refractivity contribution in [3.05, 3.63) is 41.0 Å². The maximum absolute atomic E-state index is 14.8. The topological polar surface area (TPSA) is 124 Å². The highest BCUT2D eigenvalue weighted by Crippen LogP contribution is 2.27. The Hall–Kier alpha value is -3.05. The second-order valence-electron chi connectivity index (χ2n) is 8.80. The second kappa shape index (κ2) is 10.5. The Morgan fingerprint density at radius 2 is 1.97 bits per heavy atom. The predicted molar refractivity (Wildman–Crippen MR) is 127 cm³/mol. The molecule has 1 aliphatic heterocycles. The number of thiazole rings is 1. The van der Waals surface area contributed by atoms with Gasteiger partial charge in [0.15, 0.2) is 0 Å². The number of aliphatic hydroxyl groups excluding tert-OH is 1. The molecule has 34 heavy (non-hydrogen) atoms. The van der Waals surface area contributed by atoms with Crippen LogP contribution in [0.5, 0.6) is 0 Å². The molecular formula is C23H30FN5O4S. The average Bonchev–Trinajstić information content (AvgIpc) is 3.40. The van der Waals surface area contributed by atoms with E-state index in [2.05, 4.69) is 20.9 Å². The van der Waals surface area contributed by atoms with Crippen LogP contribution in [0, 0.1) is 6.92 Å². The fourth-order valence-corrected chi connectivity index (χ4v) is 4.67. The number of carbonyl (C=O) groups excluding carboxylic acids is 3. The zero-order valence-electron chi connectivity index (χ0n) is 19.6. The van der Waals surface area contributed by atoms with Crippen molar-refractivity contribution in [1.29, 1.82) is 0 Å². The first-order chi connectivity index (χ1) is 16.0. The molecule has 0 spiro atoms. The Labute approximate surface area is 201 Å². The summed E-state index contributed by atoms with van der Waals surface area (Å²) in [4.78, 5) is 44.2. The van der Waals surface area contributed by atoms with Gasteiger partial charge in [-0.3, -0.25) is 9.59 Å². The smallest absolute Gasteiger partial charge is 0.315 e. The van der Waals surface area contributed by atoms with E-state index < -0.39 is 41.7 Å². The van der Waals surface area contributed by atoms with Gasteiger partial charge in [-0.05, 0) is 31.9 Å². The van der Waals surface area contributed by atoms with Crippen LogP contribution in [-0.4, -0.2) is 70.3 Å². The summed E-state index contributed by atoms with van der Waals surface area (Å²) in [6, 6.07) is 4.49. The van der Waals surface area contributed by atoms with E-state index in [0.29, 0.717) is 0 Å². The highest BCUT2D eigenvalue weighted by atomic mass is 32.1. The number of halogens is 1. The van der Waals surface area contributed by atoms with Gasteiger partial charge in [0.05, 0.1) is 22.2 Å². The minimum Gasteiger partial charge on any atom is -0.391 e. The van der Waals surface area contributed by atoms with Crippen molar-refractivity contribution in [2.24, 2.45) is 0 Å². The standard InChI is InChI=1S/C23H30FN5O4S/c1-13-18(34-12-27-13)15-7-5-14(6-8-15)10-26-20(31)17-9-16(30)11-29(17)21(32)19(23(2,3)24)28-22(33)25-4/h5-8,12,16-17,19,30H,9-11H2,1-4H3,(H,26,31)(H2,25,28,33). The molecule has 1 aromatic heterocycles. The molecule has 4 amide bonds. The Kier molecular flexibility index (Phi) is 7.88. The van der Waals surface area contributed by atoms with E-state index in [1.165, 1.54) is 20.9 Å².